The van der Waals surface area contributed by atoms with Gasteiger partial charge in [0.1, 0.15) is 12.4 Å². The predicted molar refractivity (Wildman–Crippen MR) is 88.5 cm³/mol. The Morgan fingerprint density at radius 1 is 1.35 bits per heavy atom. The first-order valence-electron chi connectivity index (χ1n) is 7.43. The predicted octanol–water partition coefficient (Wildman–Crippen LogP) is 4.02. The number of rotatable bonds is 7. The molecule has 0 aromatic heterocycles. The van der Waals surface area contributed by atoms with E-state index in [0.29, 0.717) is 12.6 Å². The zero-order valence-electron chi connectivity index (χ0n) is 12.3. The van der Waals surface area contributed by atoms with Gasteiger partial charge in [0.05, 0.1) is 0 Å². The minimum atomic E-state index is 0.563. The van der Waals surface area contributed by atoms with E-state index in [1.54, 1.807) is 6.08 Å². The number of ether oxygens (including phenoxy) is 1. The molecule has 0 amide bonds. The number of nitrogens with one attached hydrogen (secondary N) is 1. The van der Waals surface area contributed by atoms with Crippen molar-refractivity contribution in [1.29, 1.82) is 0 Å². The molecule has 0 saturated heterocycles. The zero-order valence-corrected chi connectivity index (χ0v) is 13.1. The fourth-order valence-corrected chi connectivity index (χ4v) is 3.76. The van der Waals surface area contributed by atoms with Crippen molar-refractivity contribution in [3.05, 3.63) is 42.5 Å². The molecule has 3 heteroatoms. The van der Waals surface area contributed by atoms with Gasteiger partial charge in [0.2, 0.25) is 0 Å². The number of thioether (sulfide) groups is 1. The summed E-state index contributed by atoms with van der Waals surface area (Å²) in [5, 5.41) is 4.48. The summed E-state index contributed by atoms with van der Waals surface area (Å²) < 4.78 is 5.72. The van der Waals surface area contributed by atoms with Gasteiger partial charge in [-0.05, 0) is 25.2 Å². The maximum absolute atomic E-state index is 5.72. The van der Waals surface area contributed by atoms with Crippen molar-refractivity contribution in [2.75, 3.05) is 12.9 Å². The molecule has 20 heavy (non-hydrogen) atoms. The van der Waals surface area contributed by atoms with E-state index in [9.17, 15) is 0 Å². The highest BCUT2D eigenvalue weighted by Crippen LogP contribution is 2.28. The van der Waals surface area contributed by atoms with Crippen LogP contribution in [0.3, 0.4) is 0 Å². The second-order valence-corrected chi connectivity index (χ2v) is 6.33. The maximum atomic E-state index is 5.72. The molecule has 1 aliphatic carbocycles. The third kappa shape index (κ3) is 4.29. The van der Waals surface area contributed by atoms with E-state index in [0.717, 1.165) is 17.5 Å². The third-order valence-corrected chi connectivity index (χ3v) is 5.06. The summed E-state index contributed by atoms with van der Waals surface area (Å²) in [6.07, 6.45) is 9.38. The Balaban J connectivity index is 1.93. The molecule has 1 N–H and O–H groups in total. The van der Waals surface area contributed by atoms with E-state index in [-0.39, 0.29) is 0 Å². The Hall–Kier alpha value is -0.930. The van der Waals surface area contributed by atoms with Gasteiger partial charge >= 0.3 is 0 Å². The molecule has 0 heterocycles. The van der Waals surface area contributed by atoms with Crippen LogP contribution >= 0.6 is 11.8 Å². The summed E-state index contributed by atoms with van der Waals surface area (Å²) in [5.74, 6) is 0.969. The van der Waals surface area contributed by atoms with Crippen LogP contribution in [0, 0.1) is 0 Å². The standard InChI is InChI=1S/C17H25NOS/c1-3-12-19-16-10-6-4-8-14(16)13-18-15-9-5-7-11-17(15)20-2/h3-4,6,8,10,15,17-18H,1,5,7,9,11-13H2,2H3. The van der Waals surface area contributed by atoms with Crippen molar-refractivity contribution >= 4 is 11.8 Å². The maximum Gasteiger partial charge on any atom is 0.124 e. The molecule has 1 aromatic rings. The summed E-state index contributed by atoms with van der Waals surface area (Å²) >= 11 is 2.00. The normalized spacial score (nSPS) is 22.4. The molecule has 110 valence electrons. The molecule has 2 atom stereocenters. The van der Waals surface area contributed by atoms with Crippen LogP contribution in [0.15, 0.2) is 36.9 Å². The fourth-order valence-electron chi connectivity index (χ4n) is 2.79. The Kier molecular flexibility index (Phi) is 6.48. The lowest BCUT2D eigenvalue weighted by Crippen LogP contribution is -2.40. The lowest BCUT2D eigenvalue weighted by molar-refractivity contribution is 0.350. The van der Waals surface area contributed by atoms with Crippen molar-refractivity contribution in [2.24, 2.45) is 0 Å². The van der Waals surface area contributed by atoms with Crippen molar-refractivity contribution < 1.29 is 4.74 Å². The summed E-state index contributed by atoms with van der Waals surface area (Å²) in [6.45, 7) is 5.15. The van der Waals surface area contributed by atoms with E-state index < -0.39 is 0 Å². The van der Waals surface area contributed by atoms with Crippen LogP contribution in [0.25, 0.3) is 0 Å². The van der Waals surface area contributed by atoms with Crippen LogP contribution < -0.4 is 10.1 Å². The van der Waals surface area contributed by atoms with Crippen LogP contribution in [-0.2, 0) is 6.54 Å². The van der Waals surface area contributed by atoms with Gasteiger partial charge in [-0.15, -0.1) is 0 Å². The largest absolute Gasteiger partial charge is 0.489 e. The molecule has 0 radical (unpaired) electrons. The highest BCUT2D eigenvalue weighted by atomic mass is 32.2. The lowest BCUT2D eigenvalue weighted by Gasteiger charge is -2.31. The van der Waals surface area contributed by atoms with E-state index >= 15 is 0 Å². The molecule has 0 spiro atoms. The van der Waals surface area contributed by atoms with Gasteiger partial charge in [-0.1, -0.05) is 43.7 Å². The van der Waals surface area contributed by atoms with E-state index in [4.69, 9.17) is 4.74 Å². The lowest BCUT2D eigenvalue weighted by atomic mass is 9.94. The van der Waals surface area contributed by atoms with Crippen molar-refractivity contribution in [3.8, 4) is 5.75 Å². The highest BCUT2D eigenvalue weighted by molar-refractivity contribution is 7.99. The summed E-state index contributed by atoms with van der Waals surface area (Å²) in [5.41, 5.74) is 1.24. The second kappa shape index (κ2) is 8.38. The highest BCUT2D eigenvalue weighted by Gasteiger charge is 2.23. The topological polar surface area (TPSA) is 21.3 Å². The van der Waals surface area contributed by atoms with Crippen LogP contribution in [0.1, 0.15) is 31.2 Å². The van der Waals surface area contributed by atoms with Crippen LogP contribution in [0.4, 0.5) is 0 Å². The molecular formula is C17H25NOS. The van der Waals surface area contributed by atoms with Crippen molar-refractivity contribution in [2.45, 2.75) is 43.5 Å². The SMILES string of the molecule is C=CCOc1ccccc1CNC1CCCCC1SC. The molecular weight excluding hydrogens is 266 g/mol. The van der Waals surface area contributed by atoms with Gasteiger partial charge < -0.3 is 10.1 Å². The molecule has 2 unspecified atom stereocenters. The fraction of sp³-hybridized carbons (Fsp3) is 0.529. The van der Waals surface area contributed by atoms with E-state index in [2.05, 4.69) is 30.3 Å². The molecule has 1 fully saturated rings. The van der Waals surface area contributed by atoms with Crippen molar-refractivity contribution in [3.63, 3.8) is 0 Å². The Bertz CT molecular complexity index is 421. The minimum absolute atomic E-state index is 0.563. The first kappa shape index (κ1) is 15.5. The van der Waals surface area contributed by atoms with Gasteiger partial charge in [0.25, 0.3) is 0 Å². The van der Waals surface area contributed by atoms with Gasteiger partial charge in [0, 0.05) is 23.4 Å². The molecule has 2 nitrogen and oxygen atoms in total. The number of hydrogen-bond donors (Lipinski definition) is 1. The molecule has 1 aliphatic rings. The third-order valence-electron chi connectivity index (χ3n) is 3.89. The Morgan fingerprint density at radius 3 is 2.95 bits per heavy atom. The van der Waals surface area contributed by atoms with Gasteiger partial charge in [-0.3, -0.25) is 0 Å². The first-order valence-corrected chi connectivity index (χ1v) is 8.71. The molecule has 1 saturated carbocycles. The number of para-hydroxylation sites is 1. The van der Waals surface area contributed by atoms with Crippen molar-refractivity contribution in [1.82, 2.24) is 5.32 Å². The van der Waals surface area contributed by atoms with E-state index in [1.807, 2.05) is 23.9 Å². The zero-order chi connectivity index (χ0) is 14.2. The second-order valence-electron chi connectivity index (χ2n) is 5.25. The van der Waals surface area contributed by atoms with Gasteiger partial charge in [-0.2, -0.15) is 11.8 Å². The summed E-state index contributed by atoms with van der Waals surface area (Å²) in [4.78, 5) is 0. The molecule has 2 rings (SSSR count). The van der Waals surface area contributed by atoms with Crippen LogP contribution in [-0.4, -0.2) is 24.2 Å². The minimum Gasteiger partial charge on any atom is -0.489 e. The van der Waals surface area contributed by atoms with Crippen LogP contribution in [0.5, 0.6) is 5.75 Å². The van der Waals surface area contributed by atoms with Crippen LogP contribution in [0.2, 0.25) is 0 Å². The summed E-state index contributed by atoms with van der Waals surface area (Å²) in [7, 11) is 0. The van der Waals surface area contributed by atoms with E-state index in [1.165, 1.54) is 31.2 Å². The first-order chi connectivity index (χ1) is 9.85. The Labute approximate surface area is 127 Å². The molecule has 0 bridgehead atoms. The average Bonchev–Trinajstić information content (AvgIpc) is 2.52. The quantitative estimate of drug-likeness (QED) is 0.767. The monoisotopic (exact) mass is 291 g/mol. The number of hydrogen-bond acceptors (Lipinski definition) is 3. The molecule has 1 aromatic carbocycles. The summed E-state index contributed by atoms with van der Waals surface area (Å²) in [6, 6.07) is 8.90. The number of benzene rings is 1. The Morgan fingerprint density at radius 2 is 2.15 bits per heavy atom. The van der Waals surface area contributed by atoms with Gasteiger partial charge in [-0.25, -0.2) is 0 Å². The van der Waals surface area contributed by atoms with Gasteiger partial charge in [0.15, 0.2) is 0 Å². The molecule has 0 aliphatic heterocycles. The smallest absolute Gasteiger partial charge is 0.124 e. The average molecular weight is 291 g/mol.